The highest BCUT2D eigenvalue weighted by Crippen LogP contribution is 2.27. The first-order chi connectivity index (χ1) is 10.6. The summed E-state index contributed by atoms with van der Waals surface area (Å²) >= 11 is 13.7. The number of aromatic amines is 1. The van der Waals surface area contributed by atoms with Crippen LogP contribution in [0.5, 0.6) is 0 Å². The number of H-pyrrole nitrogens is 1. The molecule has 0 unspecified atom stereocenters. The highest BCUT2D eigenvalue weighted by atomic mass is 35.5. The van der Waals surface area contributed by atoms with Gasteiger partial charge in [-0.25, -0.2) is 4.98 Å². The molecule has 116 valence electrons. The number of halogens is 2. The van der Waals surface area contributed by atoms with E-state index in [-0.39, 0.29) is 5.56 Å². The zero-order valence-electron chi connectivity index (χ0n) is 12.0. The van der Waals surface area contributed by atoms with Gasteiger partial charge >= 0.3 is 0 Å². The van der Waals surface area contributed by atoms with Gasteiger partial charge in [0, 0.05) is 26.1 Å². The molecular weight excluding hydrogens is 341 g/mol. The van der Waals surface area contributed by atoms with Gasteiger partial charge in [-0.05, 0) is 17.9 Å². The van der Waals surface area contributed by atoms with Crippen molar-refractivity contribution in [2.75, 3.05) is 12.8 Å². The normalized spacial score (nSPS) is 14.9. The number of rotatable bonds is 3. The third-order valence-electron chi connectivity index (χ3n) is 3.74. The number of hydrogen-bond donors (Lipinski definition) is 1. The van der Waals surface area contributed by atoms with Gasteiger partial charge < -0.3 is 4.98 Å². The van der Waals surface area contributed by atoms with Gasteiger partial charge in [0.05, 0.1) is 21.3 Å². The topological polar surface area (TPSA) is 49.0 Å². The number of nitrogens with zero attached hydrogens (tertiary/aromatic N) is 2. The van der Waals surface area contributed by atoms with Crippen molar-refractivity contribution in [2.45, 2.75) is 24.7 Å². The van der Waals surface area contributed by atoms with E-state index in [2.05, 4.69) is 14.9 Å². The van der Waals surface area contributed by atoms with Crippen LogP contribution in [0.1, 0.15) is 16.8 Å². The highest BCUT2D eigenvalue weighted by Gasteiger charge is 2.21. The van der Waals surface area contributed by atoms with Crippen molar-refractivity contribution in [1.82, 2.24) is 14.9 Å². The van der Waals surface area contributed by atoms with Gasteiger partial charge in [0.1, 0.15) is 0 Å². The zero-order valence-corrected chi connectivity index (χ0v) is 14.4. The SMILES string of the molecule is CSc1nc2c(c(=O)[nH]1)CN(Cc1cccc(Cl)c1Cl)CC2. The summed E-state index contributed by atoms with van der Waals surface area (Å²) in [7, 11) is 0. The first-order valence-corrected chi connectivity index (χ1v) is 8.88. The molecule has 1 aliphatic heterocycles. The standard InChI is InChI=1S/C15H15Cl2N3OS/c1-22-15-18-12-5-6-20(8-10(12)14(21)19-15)7-9-3-2-4-11(16)13(9)17/h2-4H,5-8H2,1H3,(H,18,19,21). The molecule has 22 heavy (non-hydrogen) atoms. The van der Waals surface area contributed by atoms with Gasteiger partial charge in [0.25, 0.3) is 5.56 Å². The molecule has 0 aliphatic carbocycles. The maximum absolute atomic E-state index is 12.2. The molecule has 0 saturated heterocycles. The molecule has 0 radical (unpaired) electrons. The van der Waals surface area contributed by atoms with Crippen LogP contribution < -0.4 is 5.56 Å². The fourth-order valence-electron chi connectivity index (χ4n) is 2.60. The van der Waals surface area contributed by atoms with Crippen LogP contribution in [0.2, 0.25) is 10.0 Å². The van der Waals surface area contributed by atoms with Gasteiger partial charge in [-0.15, -0.1) is 0 Å². The Bertz CT molecular complexity index is 763. The van der Waals surface area contributed by atoms with Crippen molar-refractivity contribution in [2.24, 2.45) is 0 Å². The maximum atomic E-state index is 12.2. The molecule has 2 heterocycles. The van der Waals surface area contributed by atoms with Crippen LogP contribution in [0, 0.1) is 0 Å². The molecule has 0 saturated carbocycles. The van der Waals surface area contributed by atoms with Crippen molar-refractivity contribution < 1.29 is 0 Å². The quantitative estimate of drug-likeness (QED) is 0.677. The summed E-state index contributed by atoms with van der Waals surface area (Å²) in [5, 5.41) is 1.82. The van der Waals surface area contributed by atoms with E-state index in [0.717, 1.165) is 29.8 Å². The largest absolute Gasteiger partial charge is 0.301 e. The third kappa shape index (κ3) is 3.18. The molecule has 4 nitrogen and oxygen atoms in total. The molecule has 1 N–H and O–H groups in total. The summed E-state index contributed by atoms with van der Waals surface area (Å²) in [5.74, 6) is 0. The Balaban J connectivity index is 1.83. The van der Waals surface area contributed by atoms with Gasteiger partial charge in [-0.2, -0.15) is 0 Å². The molecule has 0 atom stereocenters. The van der Waals surface area contributed by atoms with Crippen molar-refractivity contribution in [3.8, 4) is 0 Å². The smallest absolute Gasteiger partial charge is 0.256 e. The monoisotopic (exact) mass is 355 g/mol. The summed E-state index contributed by atoms with van der Waals surface area (Å²) < 4.78 is 0. The number of fused-ring (bicyclic) bond motifs is 1. The Morgan fingerprint density at radius 2 is 2.23 bits per heavy atom. The van der Waals surface area contributed by atoms with Gasteiger partial charge in [0.15, 0.2) is 5.16 Å². The maximum Gasteiger partial charge on any atom is 0.256 e. The van der Waals surface area contributed by atoms with Crippen LogP contribution in [-0.4, -0.2) is 27.7 Å². The third-order valence-corrected chi connectivity index (χ3v) is 5.18. The molecule has 7 heteroatoms. The summed E-state index contributed by atoms with van der Waals surface area (Å²) in [5.41, 5.74) is 2.59. The molecule has 0 spiro atoms. The predicted octanol–water partition coefficient (Wildman–Crippen LogP) is 3.36. The van der Waals surface area contributed by atoms with Gasteiger partial charge in [-0.3, -0.25) is 9.69 Å². The van der Waals surface area contributed by atoms with Gasteiger partial charge in [0.2, 0.25) is 0 Å². The first-order valence-electron chi connectivity index (χ1n) is 6.90. The van der Waals surface area contributed by atoms with Crippen LogP contribution in [-0.2, 0) is 19.5 Å². The summed E-state index contributed by atoms with van der Waals surface area (Å²) in [6.07, 6.45) is 2.67. The van der Waals surface area contributed by atoms with Crippen LogP contribution in [0.25, 0.3) is 0 Å². The number of thioether (sulfide) groups is 1. The lowest BCUT2D eigenvalue weighted by Gasteiger charge is -2.28. The Kier molecular flexibility index (Phi) is 4.78. The Morgan fingerprint density at radius 1 is 1.41 bits per heavy atom. The van der Waals surface area contributed by atoms with Crippen LogP contribution in [0.3, 0.4) is 0 Å². The molecule has 0 bridgehead atoms. The van der Waals surface area contributed by atoms with E-state index in [4.69, 9.17) is 23.2 Å². The Morgan fingerprint density at radius 3 is 3.00 bits per heavy atom. The van der Waals surface area contributed by atoms with E-state index in [0.29, 0.717) is 28.3 Å². The lowest BCUT2D eigenvalue weighted by Crippen LogP contribution is -2.35. The van der Waals surface area contributed by atoms with Crippen molar-refractivity contribution in [3.63, 3.8) is 0 Å². The predicted molar refractivity (Wildman–Crippen MR) is 90.9 cm³/mol. The van der Waals surface area contributed by atoms with E-state index in [1.54, 1.807) is 6.07 Å². The summed E-state index contributed by atoms with van der Waals surface area (Å²) in [6.45, 7) is 2.10. The average Bonchev–Trinajstić information content (AvgIpc) is 2.52. The fourth-order valence-corrected chi connectivity index (χ4v) is 3.38. The Labute approximate surface area is 142 Å². The van der Waals surface area contributed by atoms with Crippen LogP contribution in [0.4, 0.5) is 0 Å². The van der Waals surface area contributed by atoms with E-state index in [9.17, 15) is 4.79 Å². The second-order valence-electron chi connectivity index (χ2n) is 5.17. The Hall–Kier alpha value is -1.01. The lowest BCUT2D eigenvalue weighted by atomic mass is 10.1. The summed E-state index contributed by atoms with van der Waals surface area (Å²) in [6, 6.07) is 5.63. The van der Waals surface area contributed by atoms with E-state index in [1.807, 2.05) is 18.4 Å². The van der Waals surface area contributed by atoms with Crippen LogP contribution in [0.15, 0.2) is 28.2 Å². The van der Waals surface area contributed by atoms with Crippen molar-refractivity contribution in [3.05, 3.63) is 55.4 Å². The minimum atomic E-state index is -0.0451. The summed E-state index contributed by atoms with van der Waals surface area (Å²) in [4.78, 5) is 21.7. The van der Waals surface area contributed by atoms with E-state index in [1.165, 1.54) is 11.8 Å². The van der Waals surface area contributed by atoms with Crippen LogP contribution >= 0.6 is 35.0 Å². The second kappa shape index (κ2) is 6.62. The fraction of sp³-hybridized carbons (Fsp3) is 0.333. The molecule has 1 aliphatic rings. The van der Waals surface area contributed by atoms with E-state index < -0.39 is 0 Å². The number of hydrogen-bond acceptors (Lipinski definition) is 4. The minimum absolute atomic E-state index is 0.0451. The molecule has 0 amide bonds. The highest BCUT2D eigenvalue weighted by molar-refractivity contribution is 7.98. The second-order valence-corrected chi connectivity index (χ2v) is 6.75. The minimum Gasteiger partial charge on any atom is -0.301 e. The average molecular weight is 356 g/mol. The van der Waals surface area contributed by atoms with Crippen molar-refractivity contribution in [1.29, 1.82) is 0 Å². The molecule has 1 aromatic heterocycles. The molecule has 0 fully saturated rings. The molecule has 1 aromatic carbocycles. The first kappa shape index (κ1) is 15.9. The lowest BCUT2D eigenvalue weighted by molar-refractivity contribution is 0.241. The van der Waals surface area contributed by atoms with E-state index >= 15 is 0 Å². The zero-order chi connectivity index (χ0) is 15.7. The molecule has 3 rings (SSSR count). The van der Waals surface area contributed by atoms with Crippen molar-refractivity contribution >= 4 is 35.0 Å². The number of aromatic nitrogens is 2. The molecule has 2 aromatic rings. The molecular formula is C15H15Cl2N3OS. The van der Waals surface area contributed by atoms with Gasteiger partial charge in [-0.1, -0.05) is 47.1 Å². The number of benzene rings is 1. The number of nitrogens with one attached hydrogen (secondary N) is 1.